The van der Waals surface area contributed by atoms with E-state index in [1.807, 2.05) is 19.1 Å². The summed E-state index contributed by atoms with van der Waals surface area (Å²) in [4.78, 5) is 40.3. The summed E-state index contributed by atoms with van der Waals surface area (Å²) in [7, 11) is 0. The molecule has 192 valence electrons. The summed E-state index contributed by atoms with van der Waals surface area (Å²) in [5, 5.41) is 15.3. The number of aliphatic hydroxyl groups excluding tert-OH is 1. The van der Waals surface area contributed by atoms with E-state index in [1.165, 1.54) is 0 Å². The number of aliphatic hydroxyl groups is 1. The number of halogens is 1. The predicted octanol–water partition coefficient (Wildman–Crippen LogP) is 4.25. The number of rotatable bonds is 7. The SMILES string of the molecule is C#CN(C(=O)C(CO)NC(=O)OC(C)(C)C)C(C(=O)Nc1c(C)cccc1Cl)c1cc(C)ccc1C. The molecule has 0 saturated heterocycles. The molecule has 0 aliphatic carbocycles. The van der Waals surface area contributed by atoms with Gasteiger partial charge in [0.1, 0.15) is 17.7 Å². The van der Waals surface area contributed by atoms with Crippen molar-refractivity contribution >= 4 is 35.2 Å². The van der Waals surface area contributed by atoms with E-state index < -0.39 is 42.2 Å². The first kappa shape index (κ1) is 28.7. The van der Waals surface area contributed by atoms with E-state index in [-0.39, 0.29) is 0 Å². The zero-order valence-electron chi connectivity index (χ0n) is 21.3. The number of anilines is 1. The molecular weight excluding hydrogens is 482 g/mol. The van der Waals surface area contributed by atoms with Crippen molar-refractivity contribution in [3.05, 3.63) is 63.7 Å². The Labute approximate surface area is 217 Å². The lowest BCUT2D eigenvalue weighted by Gasteiger charge is -2.31. The van der Waals surface area contributed by atoms with Crippen LogP contribution in [0.2, 0.25) is 5.02 Å². The first-order valence-electron chi connectivity index (χ1n) is 11.3. The standard InChI is InChI=1S/C27H32ClN3O5/c1-8-31(25(34)21(15-32)29-26(35)36-27(5,6)7)23(19-14-16(2)12-13-17(19)3)24(33)30-22-18(4)10-9-11-20(22)28/h1,9-14,21,23,32H,15H2,2-7H3,(H,29,35)(H,30,33). The highest BCUT2D eigenvalue weighted by Crippen LogP contribution is 2.30. The van der Waals surface area contributed by atoms with Gasteiger partial charge in [0.05, 0.1) is 17.3 Å². The van der Waals surface area contributed by atoms with Crippen LogP contribution in [-0.2, 0) is 14.3 Å². The third-order valence-electron chi connectivity index (χ3n) is 5.25. The third kappa shape index (κ3) is 7.23. The summed E-state index contributed by atoms with van der Waals surface area (Å²) in [5.74, 6) is -1.47. The maximum atomic E-state index is 13.7. The number of para-hydroxylation sites is 1. The number of alkyl carbamates (subject to hydrolysis) is 1. The maximum Gasteiger partial charge on any atom is 0.408 e. The Morgan fingerprint density at radius 2 is 1.81 bits per heavy atom. The number of nitrogens with zero attached hydrogens (tertiary/aromatic N) is 1. The zero-order chi connectivity index (χ0) is 27.2. The second-order valence-electron chi connectivity index (χ2n) is 9.40. The Bertz CT molecular complexity index is 1160. The van der Waals surface area contributed by atoms with Gasteiger partial charge in [-0.3, -0.25) is 14.5 Å². The summed E-state index contributed by atoms with van der Waals surface area (Å²) in [5.41, 5.74) is 2.32. The molecule has 2 rings (SSSR count). The van der Waals surface area contributed by atoms with Gasteiger partial charge < -0.3 is 20.5 Å². The van der Waals surface area contributed by atoms with Gasteiger partial charge in [-0.05, 0) is 64.3 Å². The normalized spacial score (nSPS) is 12.6. The second-order valence-corrected chi connectivity index (χ2v) is 9.81. The molecule has 0 aliphatic heterocycles. The molecule has 0 fully saturated rings. The van der Waals surface area contributed by atoms with Gasteiger partial charge in [-0.2, -0.15) is 0 Å². The number of terminal acetylenes is 1. The van der Waals surface area contributed by atoms with Gasteiger partial charge in [0.2, 0.25) is 0 Å². The molecule has 0 saturated carbocycles. The van der Waals surface area contributed by atoms with Crippen molar-refractivity contribution in [1.29, 1.82) is 0 Å². The van der Waals surface area contributed by atoms with Crippen molar-refractivity contribution in [2.24, 2.45) is 0 Å². The molecule has 2 aromatic rings. The number of benzene rings is 2. The fourth-order valence-corrected chi connectivity index (χ4v) is 3.77. The smallest absolute Gasteiger partial charge is 0.408 e. The zero-order valence-corrected chi connectivity index (χ0v) is 22.1. The molecule has 0 spiro atoms. The molecule has 3 N–H and O–H groups in total. The van der Waals surface area contributed by atoms with Crippen LogP contribution in [0.4, 0.5) is 10.5 Å². The minimum absolute atomic E-state index is 0.321. The highest BCUT2D eigenvalue weighted by atomic mass is 35.5. The Kier molecular flexibility index (Phi) is 9.51. The lowest BCUT2D eigenvalue weighted by molar-refractivity contribution is -0.137. The Morgan fingerprint density at radius 3 is 2.36 bits per heavy atom. The molecule has 0 radical (unpaired) electrons. The monoisotopic (exact) mass is 513 g/mol. The van der Waals surface area contributed by atoms with Gasteiger partial charge in [-0.15, -0.1) is 0 Å². The number of ether oxygens (including phenoxy) is 1. The van der Waals surface area contributed by atoms with E-state index >= 15 is 0 Å². The topological polar surface area (TPSA) is 108 Å². The molecule has 9 heteroatoms. The first-order valence-corrected chi connectivity index (χ1v) is 11.7. The number of carbonyl (C=O) groups is 3. The van der Waals surface area contributed by atoms with Crippen molar-refractivity contribution in [3.63, 3.8) is 0 Å². The van der Waals surface area contributed by atoms with E-state index in [2.05, 4.69) is 16.7 Å². The van der Waals surface area contributed by atoms with Gasteiger partial charge in [0.15, 0.2) is 0 Å². The highest BCUT2D eigenvalue weighted by Gasteiger charge is 2.36. The van der Waals surface area contributed by atoms with Crippen molar-refractivity contribution in [1.82, 2.24) is 10.2 Å². The molecule has 0 bridgehead atoms. The number of carbonyl (C=O) groups excluding carboxylic acids is 3. The second kappa shape index (κ2) is 11.9. The van der Waals surface area contributed by atoms with Crippen LogP contribution >= 0.6 is 11.6 Å². The number of hydrogen-bond acceptors (Lipinski definition) is 5. The van der Waals surface area contributed by atoms with Gasteiger partial charge in [0, 0.05) is 6.04 Å². The number of hydrogen-bond donors (Lipinski definition) is 3. The lowest BCUT2D eigenvalue weighted by Crippen LogP contribution is -2.52. The first-order chi connectivity index (χ1) is 16.8. The van der Waals surface area contributed by atoms with Crippen LogP contribution in [0.3, 0.4) is 0 Å². The van der Waals surface area contributed by atoms with Crippen LogP contribution < -0.4 is 10.6 Å². The van der Waals surface area contributed by atoms with Crippen LogP contribution in [0.25, 0.3) is 0 Å². The average Bonchev–Trinajstić information content (AvgIpc) is 2.78. The van der Waals surface area contributed by atoms with Crippen LogP contribution in [0, 0.1) is 33.2 Å². The molecule has 0 heterocycles. The summed E-state index contributed by atoms with van der Waals surface area (Å²) in [6, 6.07) is 10.1. The molecule has 2 unspecified atom stereocenters. The molecule has 0 aliphatic rings. The quantitative estimate of drug-likeness (QED) is 0.379. The van der Waals surface area contributed by atoms with E-state index in [9.17, 15) is 19.5 Å². The Morgan fingerprint density at radius 1 is 1.14 bits per heavy atom. The van der Waals surface area contributed by atoms with Crippen molar-refractivity contribution in [2.45, 2.75) is 59.2 Å². The van der Waals surface area contributed by atoms with Crippen LogP contribution in [0.5, 0.6) is 0 Å². The van der Waals surface area contributed by atoms with Crippen molar-refractivity contribution in [2.75, 3.05) is 11.9 Å². The fourth-order valence-electron chi connectivity index (χ4n) is 3.50. The number of aryl methyl sites for hydroxylation is 3. The molecular formula is C27H32ClN3O5. The lowest BCUT2D eigenvalue weighted by atomic mass is 9.96. The molecule has 3 amide bonds. The summed E-state index contributed by atoms with van der Waals surface area (Å²) < 4.78 is 5.19. The fraction of sp³-hybridized carbons (Fsp3) is 0.370. The molecule has 36 heavy (non-hydrogen) atoms. The molecule has 0 aromatic heterocycles. The van der Waals surface area contributed by atoms with Crippen molar-refractivity contribution < 1.29 is 24.2 Å². The van der Waals surface area contributed by atoms with Gasteiger partial charge in [-0.25, -0.2) is 4.79 Å². The largest absolute Gasteiger partial charge is 0.444 e. The Hall–Kier alpha value is -3.54. The van der Waals surface area contributed by atoms with Gasteiger partial charge in [-0.1, -0.05) is 53.9 Å². The van der Waals surface area contributed by atoms with Gasteiger partial charge in [0.25, 0.3) is 11.8 Å². The number of nitrogens with one attached hydrogen (secondary N) is 2. The summed E-state index contributed by atoms with van der Waals surface area (Å²) >= 11 is 6.31. The van der Waals surface area contributed by atoms with E-state index in [1.54, 1.807) is 58.9 Å². The predicted molar refractivity (Wildman–Crippen MR) is 139 cm³/mol. The van der Waals surface area contributed by atoms with Gasteiger partial charge >= 0.3 is 6.09 Å². The van der Waals surface area contributed by atoms with E-state index in [0.717, 1.165) is 10.5 Å². The van der Waals surface area contributed by atoms with E-state index in [4.69, 9.17) is 22.8 Å². The van der Waals surface area contributed by atoms with Crippen molar-refractivity contribution in [3.8, 4) is 12.5 Å². The highest BCUT2D eigenvalue weighted by molar-refractivity contribution is 6.34. The molecule has 8 nitrogen and oxygen atoms in total. The maximum absolute atomic E-state index is 13.7. The van der Waals surface area contributed by atoms with Crippen LogP contribution in [0.1, 0.15) is 49.1 Å². The average molecular weight is 514 g/mol. The minimum atomic E-state index is -1.45. The Balaban J connectivity index is 2.51. The van der Waals surface area contributed by atoms with Crippen LogP contribution in [-0.4, -0.2) is 46.2 Å². The summed E-state index contributed by atoms with van der Waals surface area (Å²) in [6.45, 7) is 9.64. The van der Waals surface area contributed by atoms with Crippen LogP contribution in [0.15, 0.2) is 36.4 Å². The van der Waals surface area contributed by atoms with E-state index in [0.29, 0.717) is 27.4 Å². The molecule has 2 aromatic carbocycles. The minimum Gasteiger partial charge on any atom is -0.444 e. The third-order valence-corrected chi connectivity index (χ3v) is 5.57. The summed E-state index contributed by atoms with van der Waals surface area (Å²) in [6.07, 6.45) is 4.83. The number of amides is 3. The molecule has 2 atom stereocenters.